The molecule has 108 valence electrons. The maximum atomic E-state index is 12.1. The van der Waals surface area contributed by atoms with Crippen molar-refractivity contribution in [2.24, 2.45) is 0 Å². The van der Waals surface area contributed by atoms with Gasteiger partial charge in [-0.05, 0) is 37.5 Å². The fraction of sp³-hybridized carbons (Fsp3) is 0.333. The third kappa shape index (κ3) is 5.17. The van der Waals surface area contributed by atoms with Crippen LogP contribution in [0.25, 0.3) is 0 Å². The highest BCUT2D eigenvalue weighted by molar-refractivity contribution is 9.10. The molecule has 0 saturated heterocycles. The summed E-state index contributed by atoms with van der Waals surface area (Å²) in [6.07, 6.45) is 3.87. The third-order valence-corrected chi connectivity index (χ3v) is 3.27. The van der Waals surface area contributed by atoms with Crippen molar-refractivity contribution in [3.05, 3.63) is 47.0 Å². The van der Waals surface area contributed by atoms with Gasteiger partial charge in [0.2, 0.25) is 0 Å². The molecule has 1 amide bonds. The Balaban J connectivity index is 2.70. The molecule has 0 aliphatic carbocycles. The average molecular weight is 340 g/mol. The molecule has 1 aromatic carbocycles. The second-order valence-electron chi connectivity index (χ2n) is 4.28. The monoisotopic (exact) mass is 339 g/mol. The molecular formula is C15H18BrNO3. The number of halogens is 1. The first kappa shape index (κ1) is 16.4. The molecule has 0 aliphatic rings. The van der Waals surface area contributed by atoms with Crippen LogP contribution in [0.3, 0.4) is 0 Å². The van der Waals surface area contributed by atoms with Crippen LogP contribution in [0.15, 0.2) is 41.4 Å². The number of nitrogens with one attached hydrogen (secondary N) is 1. The van der Waals surface area contributed by atoms with E-state index in [1.54, 1.807) is 24.3 Å². The van der Waals surface area contributed by atoms with Gasteiger partial charge in [0.1, 0.15) is 6.04 Å². The highest BCUT2D eigenvalue weighted by Gasteiger charge is 2.21. The lowest BCUT2D eigenvalue weighted by molar-refractivity contribution is -0.143. The lowest BCUT2D eigenvalue weighted by Gasteiger charge is -2.16. The van der Waals surface area contributed by atoms with Gasteiger partial charge in [0, 0.05) is 10.0 Å². The van der Waals surface area contributed by atoms with Crippen LogP contribution in [-0.2, 0) is 9.53 Å². The summed E-state index contributed by atoms with van der Waals surface area (Å²) in [5, 5.41) is 2.70. The van der Waals surface area contributed by atoms with Crippen molar-refractivity contribution in [1.29, 1.82) is 0 Å². The second kappa shape index (κ2) is 8.53. The summed E-state index contributed by atoms with van der Waals surface area (Å²) < 4.78 is 5.53. The quantitative estimate of drug-likeness (QED) is 0.471. The number of carbonyl (C=O) groups is 2. The molecule has 0 radical (unpaired) electrons. The molecule has 0 fully saturated rings. The molecule has 1 rings (SSSR count). The van der Waals surface area contributed by atoms with E-state index in [4.69, 9.17) is 4.74 Å². The number of amides is 1. The Morgan fingerprint density at radius 1 is 1.50 bits per heavy atom. The van der Waals surface area contributed by atoms with Gasteiger partial charge < -0.3 is 10.1 Å². The predicted molar refractivity (Wildman–Crippen MR) is 81.5 cm³/mol. The van der Waals surface area contributed by atoms with Crippen LogP contribution in [-0.4, -0.2) is 25.0 Å². The van der Waals surface area contributed by atoms with E-state index in [0.717, 1.165) is 17.3 Å². The second-order valence-corrected chi connectivity index (χ2v) is 5.19. The summed E-state index contributed by atoms with van der Waals surface area (Å²) in [6.45, 7) is 3.63. The molecule has 4 nitrogen and oxygen atoms in total. The van der Waals surface area contributed by atoms with Crippen molar-refractivity contribution >= 4 is 27.8 Å². The van der Waals surface area contributed by atoms with Crippen LogP contribution in [0.5, 0.6) is 0 Å². The molecule has 1 aromatic rings. The number of benzene rings is 1. The van der Waals surface area contributed by atoms with Gasteiger partial charge in [-0.1, -0.05) is 28.1 Å². The van der Waals surface area contributed by atoms with Crippen molar-refractivity contribution in [1.82, 2.24) is 5.32 Å². The van der Waals surface area contributed by atoms with Crippen molar-refractivity contribution in [2.45, 2.75) is 25.3 Å². The zero-order chi connectivity index (χ0) is 15.0. The summed E-state index contributed by atoms with van der Waals surface area (Å²) in [5.74, 6) is -0.724. The summed E-state index contributed by atoms with van der Waals surface area (Å²) in [5.41, 5.74) is 0.497. The van der Waals surface area contributed by atoms with Gasteiger partial charge in [0.05, 0.1) is 7.11 Å². The highest BCUT2D eigenvalue weighted by Crippen LogP contribution is 2.12. The lowest BCUT2D eigenvalue weighted by Crippen LogP contribution is -2.41. The van der Waals surface area contributed by atoms with Crippen LogP contribution in [0, 0.1) is 0 Å². The number of unbranched alkanes of at least 4 members (excludes halogenated alkanes) is 1. The molecule has 0 saturated carbocycles. The summed E-state index contributed by atoms with van der Waals surface area (Å²) in [7, 11) is 1.31. The minimum atomic E-state index is -0.633. The first-order chi connectivity index (χ1) is 9.58. The van der Waals surface area contributed by atoms with Gasteiger partial charge in [-0.25, -0.2) is 4.79 Å². The first-order valence-electron chi connectivity index (χ1n) is 6.33. The molecule has 20 heavy (non-hydrogen) atoms. The molecule has 1 atom stereocenters. The van der Waals surface area contributed by atoms with E-state index in [2.05, 4.69) is 27.8 Å². The molecule has 0 heterocycles. The summed E-state index contributed by atoms with van der Waals surface area (Å²) in [6, 6.07) is 6.36. The van der Waals surface area contributed by atoms with Gasteiger partial charge in [0.15, 0.2) is 0 Å². The zero-order valence-electron chi connectivity index (χ0n) is 11.4. The maximum absolute atomic E-state index is 12.1. The highest BCUT2D eigenvalue weighted by atomic mass is 79.9. The van der Waals surface area contributed by atoms with E-state index in [1.807, 2.05) is 6.07 Å². The van der Waals surface area contributed by atoms with Crippen LogP contribution < -0.4 is 5.32 Å². The number of rotatable bonds is 7. The van der Waals surface area contributed by atoms with Crippen molar-refractivity contribution in [3.63, 3.8) is 0 Å². The van der Waals surface area contributed by atoms with E-state index in [0.29, 0.717) is 12.0 Å². The number of hydrogen-bond donors (Lipinski definition) is 1. The van der Waals surface area contributed by atoms with E-state index < -0.39 is 12.0 Å². The minimum absolute atomic E-state index is 0.291. The van der Waals surface area contributed by atoms with Crippen molar-refractivity contribution < 1.29 is 14.3 Å². The van der Waals surface area contributed by atoms with Crippen LogP contribution in [0.1, 0.15) is 29.6 Å². The molecule has 0 spiro atoms. The standard InChI is InChI=1S/C15H18BrNO3/c1-3-4-5-9-13(15(19)20-2)17-14(18)11-7-6-8-12(16)10-11/h3,6-8,10,13H,1,4-5,9H2,2H3,(H,17,18)/t13-/m0/s1. The number of ether oxygens (including phenoxy) is 1. The van der Waals surface area contributed by atoms with Crippen LogP contribution in [0.4, 0.5) is 0 Å². The van der Waals surface area contributed by atoms with Gasteiger partial charge >= 0.3 is 5.97 Å². The smallest absolute Gasteiger partial charge is 0.328 e. The number of carbonyl (C=O) groups excluding carboxylic acids is 2. The van der Waals surface area contributed by atoms with E-state index >= 15 is 0 Å². The fourth-order valence-electron chi connectivity index (χ4n) is 1.73. The number of allylic oxidation sites excluding steroid dienone is 1. The third-order valence-electron chi connectivity index (χ3n) is 2.78. The van der Waals surface area contributed by atoms with E-state index in [-0.39, 0.29) is 5.91 Å². The molecule has 5 heteroatoms. The predicted octanol–water partition coefficient (Wildman–Crippen LogP) is 3.08. The van der Waals surface area contributed by atoms with Crippen molar-refractivity contribution in [2.75, 3.05) is 7.11 Å². The van der Waals surface area contributed by atoms with E-state index in [9.17, 15) is 9.59 Å². The summed E-state index contributed by atoms with van der Waals surface area (Å²) in [4.78, 5) is 23.8. The largest absolute Gasteiger partial charge is 0.467 e. The molecule has 0 aromatic heterocycles. The van der Waals surface area contributed by atoms with Crippen LogP contribution in [0.2, 0.25) is 0 Å². The van der Waals surface area contributed by atoms with E-state index in [1.165, 1.54) is 7.11 Å². The average Bonchev–Trinajstić information content (AvgIpc) is 2.45. The Morgan fingerprint density at radius 2 is 2.25 bits per heavy atom. The minimum Gasteiger partial charge on any atom is -0.467 e. The maximum Gasteiger partial charge on any atom is 0.328 e. The Hall–Kier alpha value is -1.62. The Kier molecular flexibility index (Phi) is 7.01. The Bertz CT molecular complexity index is 488. The Labute approximate surface area is 127 Å². The fourth-order valence-corrected chi connectivity index (χ4v) is 2.13. The zero-order valence-corrected chi connectivity index (χ0v) is 13.0. The van der Waals surface area contributed by atoms with Gasteiger partial charge in [0.25, 0.3) is 5.91 Å². The van der Waals surface area contributed by atoms with Gasteiger partial charge in [-0.2, -0.15) is 0 Å². The SMILES string of the molecule is C=CCCC[C@H](NC(=O)c1cccc(Br)c1)C(=O)OC. The molecule has 1 N–H and O–H groups in total. The molecular weight excluding hydrogens is 322 g/mol. The number of esters is 1. The molecule has 0 bridgehead atoms. The lowest BCUT2D eigenvalue weighted by atomic mass is 10.1. The first-order valence-corrected chi connectivity index (χ1v) is 7.13. The molecule has 0 aliphatic heterocycles. The summed E-state index contributed by atoms with van der Waals surface area (Å²) >= 11 is 3.31. The van der Waals surface area contributed by atoms with Gasteiger partial charge in [-0.3, -0.25) is 4.79 Å². The normalized spacial score (nSPS) is 11.5. The number of methoxy groups -OCH3 is 1. The number of hydrogen-bond acceptors (Lipinski definition) is 3. The van der Waals surface area contributed by atoms with Crippen LogP contribution >= 0.6 is 15.9 Å². The topological polar surface area (TPSA) is 55.4 Å². The van der Waals surface area contributed by atoms with Crippen molar-refractivity contribution in [3.8, 4) is 0 Å². The molecule has 0 unspecified atom stereocenters. The Morgan fingerprint density at radius 3 is 2.85 bits per heavy atom. The van der Waals surface area contributed by atoms with Gasteiger partial charge in [-0.15, -0.1) is 6.58 Å².